The molecule has 0 heterocycles. The lowest BCUT2D eigenvalue weighted by Crippen LogP contribution is -2.34. The van der Waals surface area contributed by atoms with Gasteiger partial charge in [0.1, 0.15) is 0 Å². The van der Waals surface area contributed by atoms with Crippen LogP contribution in [0.1, 0.15) is 28.7 Å². The number of nitrogens with one attached hydrogen (secondary N) is 1. The Morgan fingerprint density at radius 1 is 1.00 bits per heavy atom. The topological polar surface area (TPSA) is 66.5 Å². The average Bonchev–Trinajstić information content (AvgIpc) is 2.51. The van der Waals surface area contributed by atoms with Gasteiger partial charge in [-0.05, 0) is 50.5 Å². The molecule has 0 saturated carbocycles. The minimum absolute atomic E-state index is 0.0775. The molecule has 2 rings (SSSR count). The van der Waals surface area contributed by atoms with Crippen molar-refractivity contribution < 1.29 is 13.2 Å². The van der Waals surface area contributed by atoms with Gasteiger partial charge in [0.2, 0.25) is 15.9 Å². The normalized spacial score (nSPS) is 11.3. The fraction of sp³-hybridized carbons (Fsp3) is 0.350. The van der Waals surface area contributed by atoms with Crippen molar-refractivity contribution in [2.24, 2.45) is 0 Å². The average molecular weight is 375 g/mol. The van der Waals surface area contributed by atoms with Crippen LogP contribution in [0.2, 0.25) is 0 Å². The van der Waals surface area contributed by atoms with E-state index in [-0.39, 0.29) is 18.9 Å². The van der Waals surface area contributed by atoms with E-state index in [1.54, 1.807) is 0 Å². The highest BCUT2D eigenvalue weighted by molar-refractivity contribution is 7.92. The molecule has 6 heteroatoms. The molecule has 5 nitrogen and oxygen atoms in total. The van der Waals surface area contributed by atoms with Gasteiger partial charge in [0.25, 0.3) is 0 Å². The third-order valence-corrected chi connectivity index (χ3v) is 5.45. The molecule has 0 aliphatic heterocycles. The first-order valence-corrected chi connectivity index (χ1v) is 10.4. The maximum absolute atomic E-state index is 12.3. The Balaban J connectivity index is 2.16. The molecule has 0 atom stereocenters. The highest BCUT2D eigenvalue weighted by atomic mass is 32.2. The summed E-state index contributed by atoms with van der Waals surface area (Å²) in [7, 11) is -3.49. The maximum Gasteiger partial charge on any atom is 0.232 e. The van der Waals surface area contributed by atoms with Crippen molar-refractivity contribution in [1.29, 1.82) is 0 Å². The zero-order chi connectivity index (χ0) is 19.5. The number of carbonyl (C=O) groups excluding carboxylic acids is 1. The molecule has 0 bridgehead atoms. The van der Waals surface area contributed by atoms with Crippen LogP contribution >= 0.6 is 0 Å². The Labute approximate surface area is 156 Å². The predicted molar refractivity (Wildman–Crippen MR) is 107 cm³/mol. The number of aryl methyl sites for hydroxylation is 4. The zero-order valence-electron chi connectivity index (χ0n) is 16.0. The second-order valence-electron chi connectivity index (χ2n) is 6.69. The number of benzene rings is 2. The molecule has 140 valence electrons. The first-order valence-electron chi connectivity index (χ1n) is 8.50. The van der Waals surface area contributed by atoms with Gasteiger partial charge >= 0.3 is 0 Å². The van der Waals surface area contributed by atoms with Gasteiger partial charge in [0, 0.05) is 18.7 Å². The summed E-state index contributed by atoms with van der Waals surface area (Å²) in [6.07, 6.45) is 1.25. The molecule has 0 radical (unpaired) electrons. The molecular weight excluding hydrogens is 348 g/mol. The highest BCUT2D eigenvalue weighted by Crippen LogP contribution is 2.27. The quantitative estimate of drug-likeness (QED) is 0.838. The molecular formula is C20H26N2O3S. The number of amides is 1. The van der Waals surface area contributed by atoms with E-state index in [4.69, 9.17) is 0 Å². The number of hydrogen-bond acceptors (Lipinski definition) is 3. The van der Waals surface area contributed by atoms with Crippen LogP contribution in [0.4, 0.5) is 11.4 Å². The molecule has 0 spiro atoms. The van der Waals surface area contributed by atoms with Gasteiger partial charge in [-0.15, -0.1) is 0 Å². The Bertz CT molecular complexity index is 900. The molecule has 0 unspecified atom stereocenters. The molecule has 0 fully saturated rings. The number of hydrogen-bond donors (Lipinski definition) is 1. The van der Waals surface area contributed by atoms with E-state index in [0.29, 0.717) is 5.69 Å². The van der Waals surface area contributed by atoms with E-state index >= 15 is 0 Å². The van der Waals surface area contributed by atoms with Crippen molar-refractivity contribution in [3.05, 3.63) is 58.7 Å². The van der Waals surface area contributed by atoms with E-state index in [2.05, 4.69) is 5.32 Å². The van der Waals surface area contributed by atoms with E-state index in [9.17, 15) is 13.2 Å². The molecule has 1 N–H and O–H groups in total. The number of anilines is 2. The zero-order valence-corrected chi connectivity index (χ0v) is 16.8. The minimum atomic E-state index is -3.49. The van der Waals surface area contributed by atoms with Gasteiger partial charge in [-0.25, -0.2) is 8.42 Å². The lowest BCUT2D eigenvalue weighted by Gasteiger charge is -2.25. The summed E-state index contributed by atoms with van der Waals surface area (Å²) < 4.78 is 25.9. The maximum atomic E-state index is 12.3. The number of nitrogens with zero attached hydrogens (tertiary/aromatic N) is 1. The van der Waals surface area contributed by atoms with Crippen LogP contribution in [0.3, 0.4) is 0 Å². The van der Waals surface area contributed by atoms with Crippen molar-refractivity contribution in [2.75, 3.05) is 22.4 Å². The van der Waals surface area contributed by atoms with Crippen LogP contribution in [0, 0.1) is 27.7 Å². The van der Waals surface area contributed by atoms with Crippen LogP contribution < -0.4 is 9.62 Å². The van der Waals surface area contributed by atoms with Crippen molar-refractivity contribution in [1.82, 2.24) is 0 Å². The van der Waals surface area contributed by atoms with E-state index < -0.39 is 10.0 Å². The second-order valence-corrected chi connectivity index (χ2v) is 8.60. The molecule has 26 heavy (non-hydrogen) atoms. The summed E-state index contributed by atoms with van der Waals surface area (Å²) in [6.45, 7) is 7.77. The van der Waals surface area contributed by atoms with Crippen molar-refractivity contribution in [2.45, 2.75) is 34.1 Å². The largest absolute Gasteiger partial charge is 0.326 e. The van der Waals surface area contributed by atoms with Gasteiger partial charge in [0.15, 0.2) is 0 Å². The van der Waals surface area contributed by atoms with Crippen LogP contribution in [-0.2, 0) is 14.8 Å². The number of para-hydroxylation sites is 1. The van der Waals surface area contributed by atoms with Crippen LogP contribution in [0.25, 0.3) is 0 Å². The van der Waals surface area contributed by atoms with Crippen LogP contribution in [0.5, 0.6) is 0 Å². The molecule has 2 aromatic rings. The number of sulfonamides is 1. The van der Waals surface area contributed by atoms with Gasteiger partial charge in [-0.3, -0.25) is 9.10 Å². The predicted octanol–water partition coefficient (Wildman–Crippen LogP) is 3.72. The summed E-state index contributed by atoms with van der Waals surface area (Å²) in [5.74, 6) is -0.211. The number of rotatable bonds is 6. The second kappa shape index (κ2) is 7.91. The summed E-state index contributed by atoms with van der Waals surface area (Å²) >= 11 is 0. The molecule has 2 aromatic carbocycles. The fourth-order valence-electron chi connectivity index (χ4n) is 3.01. The van der Waals surface area contributed by atoms with E-state index in [0.717, 1.165) is 27.9 Å². The minimum Gasteiger partial charge on any atom is -0.326 e. The summed E-state index contributed by atoms with van der Waals surface area (Å²) in [5.41, 5.74) is 5.23. The lowest BCUT2D eigenvalue weighted by molar-refractivity contribution is -0.116. The first kappa shape index (κ1) is 20.0. The number of carbonyl (C=O) groups is 1. The molecule has 0 aromatic heterocycles. The third-order valence-electron chi connectivity index (χ3n) is 4.29. The Hall–Kier alpha value is -2.34. The van der Waals surface area contributed by atoms with Crippen LogP contribution in [0.15, 0.2) is 36.4 Å². The van der Waals surface area contributed by atoms with Gasteiger partial charge in [0.05, 0.1) is 11.9 Å². The monoisotopic (exact) mass is 374 g/mol. The Morgan fingerprint density at radius 2 is 1.62 bits per heavy atom. The van der Waals surface area contributed by atoms with Gasteiger partial charge in [-0.1, -0.05) is 35.9 Å². The molecule has 0 aliphatic carbocycles. The van der Waals surface area contributed by atoms with E-state index in [1.165, 1.54) is 10.6 Å². The SMILES string of the molecule is Cc1ccc(NC(=O)CCN(c2c(C)cccc2C)S(C)(=O)=O)c(C)c1. The van der Waals surface area contributed by atoms with E-state index in [1.807, 2.05) is 64.1 Å². The Kier molecular flexibility index (Phi) is 6.08. The highest BCUT2D eigenvalue weighted by Gasteiger charge is 2.22. The van der Waals surface area contributed by atoms with Crippen molar-refractivity contribution in [3.63, 3.8) is 0 Å². The molecule has 0 saturated heterocycles. The van der Waals surface area contributed by atoms with Crippen LogP contribution in [-0.4, -0.2) is 27.1 Å². The Morgan fingerprint density at radius 3 is 2.15 bits per heavy atom. The van der Waals surface area contributed by atoms with Crippen molar-refractivity contribution in [3.8, 4) is 0 Å². The molecule has 0 aliphatic rings. The first-order chi connectivity index (χ1) is 12.1. The fourth-order valence-corrected chi connectivity index (χ4v) is 4.05. The third kappa shape index (κ3) is 4.85. The van der Waals surface area contributed by atoms with Gasteiger partial charge in [-0.2, -0.15) is 0 Å². The standard InChI is InChI=1S/C20H26N2O3S/c1-14-9-10-18(17(4)13-14)21-19(23)11-12-22(26(5,24)25)20-15(2)7-6-8-16(20)3/h6-10,13H,11-12H2,1-5H3,(H,21,23). The van der Waals surface area contributed by atoms with Crippen molar-refractivity contribution >= 4 is 27.3 Å². The van der Waals surface area contributed by atoms with Gasteiger partial charge < -0.3 is 5.32 Å². The smallest absolute Gasteiger partial charge is 0.232 e. The summed E-state index contributed by atoms with van der Waals surface area (Å²) in [6, 6.07) is 11.4. The molecule has 1 amide bonds. The lowest BCUT2D eigenvalue weighted by atomic mass is 10.1. The summed E-state index contributed by atoms with van der Waals surface area (Å²) in [5, 5.41) is 2.86. The summed E-state index contributed by atoms with van der Waals surface area (Å²) in [4.78, 5) is 12.3.